The molecule has 0 spiro atoms. The van der Waals surface area contributed by atoms with Gasteiger partial charge in [0.25, 0.3) is 0 Å². The van der Waals surface area contributed by atoms with E-state index >= 15 is 0 Å². The predicted molar refractivity (Wildman–Crippen MR) is 55.6 cm³/mol. The first-order valence-electron chi connectivity index (χ1n) is 5.91. The lowest BCUT2D eigenvalue weighted by atomic mass is 10.1. The zero-order chi connectivity index (χ0) is 10.3. The molecule has 1 aromatic rings. The number of aryl methyl sites for hydroxylation is 1. The van der Waals surface area contributed by atoms with Crippen molar-refractivity contribution in [2.24, 2.45) is 0 Å². The minimum Gasteiger partial charge on any atom is -0.370 e. The Hall–Kier alpha value is -0.900. The van der Waals surface area contributed by atoms with Crippen LogP contribution in [-0.4, -0.2) is 21.4 Å². The van der Waals surface area contributed by atoms with E-state index in [1.807, 2.05) is 0 Å². The highest BCUT2D eigenvalue weighted by atomic mass is 16.5. The fourth-order valence-electron chi connectivity index (χ4n) is 2.49. The smallest absolute Gasteiger partial charge is 0.179 e. The number of aromatic nitrogens is 3. The van der Waals surface area contributed by atoms with Crippen molar-refractivity contribution in [2.75, 3.05) is 6.61 Å². The highest BCUT2D eigenvalue weighted by Gasteiger charge is 2.26. The molecule has 82 valence electrons. The van der Waals surface area contributed by atoms with Gasteiger partial charge in [-0.25, -0.2) is 9.67 Å². The van der Waals surface area contributed by atoms with Crippen LogP contribution in [0.15, 0.2) is 0 Å². The molecule has 1 saturated heterocycles. The molecule has 2 aliphatic rings. The maximum absolute atomic E-state index is 5.61. The third-order valence-electron chi connectivity index (χ3n) is 3.38. The standard InChI is InChI=1S/C11H17N3O/c1-8-4-2-6-10-12-11(13-14(8)10)9-5-3-7-15-9/h8-9H,2-7H2,1H3. The van der Waals surface area contributed by atoms with E-state index in [0.29, 0.717) is 6.04 Å². The minimum absolute atomic E-state index is 0.162. The first kappa shape index (κ1) is 9.33. The van der Waals surface area contributed by atoms with Crippen molar-refractivity contribution in [3.8, 4) is 0 Å². The Balaban J connectivity index is 1.90. The molecule has 15 heavy (non-hydrogen) atoms. The van der Waals surface area contributed by atoms with Crippen LogP contribution < -0.4 is 0 Å². The monoisotopic (exact) mass is 207 g/mol. The topological polar surface area (TPSA) is 39.9 Å². The molecule has 0 amide bonds. The summed E-state index contributed by atoms with van der Waals surface area (Å²) < 4.78 is 7.71. The van der Waals surface area contributed by atoms with Crippen LogP contribution in [0.5, 0.6) is 0 Å². The largest absolute Gasteiger partial charge is 0.370 e. The van der Waals surface area contributed by atoms with Gasteiger partial charge in [-0.2, -0.15) is 5.10 Å². The zero-order valence-electron chi connectivity index (χ0n) is 9.15. The van der Waals surface area contributed by atoms with Crippen molar-refractivity contribution in [1.82, 2.24) is 14.8 Å². The summed E-state index contributed by atoms with van der Waals surface area (Å²) in [5.41, 5.74) is 0. The minimum atomic E-state index is 0.162. The van der Waals surface area contributed by atoms with E-state index in [2.05, 4.69) is 21.7 Å². The van der Waals surface area contributed by atoms with E-state index in [1.54, 1.807) is 0 Å². The molecular weight excluding hydrogens is 190 g/mol. The normalized spacial score (nSPS) is 30.5. The molecule has 3 rings (SSSR count). The Morgan fingerprint density at radius 1 is 1.33 bits per heavy atom. The molecule has 2 atom stereocenters. The molecule has 1 aromatic heterocycles. The molecular formula is C11H17N3O. The van der Waals surface area contributed by atoms with Gasteiger partial charge < -0.3 is 4.74 Å². The van der Waals surface area contributed by atoms with Crippen LogP contribution in [0.25, 0.3) is 0 Å². The summed E-state index contributed by atoms with van der Waals surface area (Å²) in [7, 11) is 0. The van der Waals surface area contributed by atoms with Crippen molar-refractivity contribution in [1.29, 1.82) is 0 Å². The Kier molecular flexibility index (Phi) is 2.24. The molecule has 0 radical (unpaired) electrons. The maximum atomic E-state index is 5.61. The lowest BCUT2D eigenvalue weighted by Gasteiger charge is -2.18. The summed E-state index contributed by atoms with van der Waals surface area (Å²) in [6.45, 7) is 3.08. The van der Waals surface area contributed by atoms with Gasteiger partial charge in [-0.1, -0.05) is 0 Å². The lowest BCUT2D eigenvalue weighted by Crippen LogP contribution is -2.16. The highest BCUT2D eigenvalue weighted by molar-refractivity contribution is 5.01. The molecule has 1 fully saturated rings. The first-order chi connectivity index (χ1) is 7.34. The Morgan fingerprint density at radius 3 is 3.00 bits per heavy atom. The van der Waals surface area contributed by atoms with E-state index < -0.39 is 0 Å². The molecule has 3 heterocycles. The van der Waals surface area contributed by atoms with Crippen molar-refractivity contribution >= 4 is 0 Å². The van der Waals surface area contributed by atoms with Crippen molar-refractivity contribution < 1.29 is 4.74 Å². The maximum Gasteiger partial charge on any atom is 0.179 e. The molecule has 2 unspecified atom stereocenters. The second-order valence-corrected chi connectivity index (χ2v) is 4.57. The van der Waals surface area contributed by atoms with Gasteiger partial charge in [-0.3, -0.25) is 0 Å². The summed E-state index contributed by atoms with van der Waals surface area (Å²) in [4.78, 5) is 4.61. The van der Waals surface area contributed by atoms with Gasteiger partial charge in [0, 0.05) is 13.0 Å². The molecule has 0 aromatic carbocycles. The summed E-state index contributed by atoms with van der Waals surface area (Å²) in [5, 5.41) is 4.59. The van der Waals surface area contributed by atoms with Gasteiger partial charge in [0.2, 0.25) is 0 Å². The van der Waals surface area contributed by atoms with E-state index in [1.165, 1.54) is 12.8 Å². The van der Waals surface area contributed by atoms with Crippen LogP contribution in [0.2, 0.25) is 0 Å². The third-order valence-corrected chi connectivity index (χ3v) is 3.38. The number of rotatable bonds is 1. The Bertz CT molecular complexity index is 355. The van der Waals surface area contributed by atoms with E-state index in [-0.39, 0.29) is 6.10 Å². The highest BCUT2D eigenvalue weighted by Crippen LogP contribution is 2.29. The molecule has 0 saturated carbocycles. The van der Waals surface area contributed by atoms with Crippen molar-refractivity contribution in [3.63, 3.8) is 0 Å². The SMILES string of the molecule is CC1CCCc2nc(C3CCCO3)nn21. The first-order valence-corrected chi connectivity index (χ1v) is 5.91. The Labute approximate surface area is 89.6 Å². The lowest BCUT2D eigenvalue weighted by molar-refractivity contribution is 0.104. The molecule has 0 aliphatic carbocycles. The van der Waals surface area contributed by atoms with E-state index in [4.69, 9.17) is 4.74 Å². The van der Waals surface area contributed by atoms with Gasteiger partial charge >= 0.3 is 0 Å². The van der Waals surface area contributed by atoms with Crippen LogP contribution in [0.3, 0.4) is 0 Å². The van der Waals surface area contributed by atoms with Gasteiger partial charge in [-0.05, 0) is 32.6 Å². The molecule has 0 N–H and O–H groups in total. The number of hydrogen-bond acceptors (Lipinski definition) is 3. The molecule has 4 nitrogen and oxygen atoms in total. The van der Waals surface area contributed by atoms with Gasteiger partial charge in [-0.15, -0.1) is 0 Å². The average molecular weight is 207 g/mol. The second kappa shape index (κ2) is 3.59. The molecule has 2 aliphatic heterocycles. The van der Waals surface area contributed by atoms with Gasteiger partial charge in [0.05, 0.1) is 6.04 Å². The summed E-state index contributed by atoms with van der Waals surface area (Å²) >= 11 is 0. The van der Waals surface area contributed by atoms with Crippen LogP contribution in [0.4, 0.5) is 0 Å². The number of ether oxygens (including phenoxy) is 1. The molecule has 0 bridgehead atoms. The number of hydrogen-bond donors (Lipinski definition) is 0. The second-order valence-electron chi connectivity index (χ2n) is 4.57. The van der Waals surface area contributed by atoms with Crippen LogP contribution >= 0.6 is 0 Å². The third kappa shape index (κ3) is 1.57. The van der Waals surface area contributed by atoms with Crippen LogP contribution in [0.1, 0.15) is 56.4 Å². The van der Waals surface area contributed by atoms with E-state index in [9.17, 15) is 0 Å². The van der Waals surface area contributed by atoms with Crippen LogP contribution in [-0.2, 0) is 11.2 Å². The summed E-state index contributed by atoms with van der Waals surface area (Å²) in [6, 6.07) is 0.511. The fraction of sp³-hybridized carbons (Fsp3) is 0.818. The summed E-state index contributed by atoms with van der Waals surface area (Å²) in [5.74, 6) is 2.07. The average Bonchev–Trinajstić information content (AvgIpc) is 2.86. The number of nitrogens with zero attached hydrogens (tertiary/aromatic N) is 3. The van der Waals surface area contributed by atoms with Crippen LogP contribution in [0, 0.1) is 0 Å². The summed E-state index contributed by atoms with van der Waals surface area (Å²) in [6.07, 6.45) is 5.92. The van der Waals surface area contributed by atoms with Crippen molar-refractivity contribution in [3.05, 3.63) is 11.6 Å². The number of fused-ring (bicyclic) bond motifs is 1. The van der Waals surface area contributed by atoms with Gasteiger partial charge in [0.1, 0.15) is 11.9 Å². The fourth-order valence-corrected chi connectivity index (χ4v) is 2.49. The quantitative estimate of drug-likeness (QED) is 0.707. The van der Waals surface area contributed by atoms with Crippen molar-refractivity contribution in [2.45, 2.75) is 51.2 Å². The van der Waals surface area contributed by atoms with E-state index in [0.717, 1.165) is 37.5 Å². The molecule has 4 heteroatoms. The Morgan fingerprint density at radius 2 is 2.27 bits per heavy atom. The van der Waals surface area contributed by atoms with Gasteiger partial charge in [0.15, 0.2) is 5.82 Å². The predicted octanol–water partition coefficient (Wildman–Crippen LogP) is 2.03. The zero-order valence-corrected chi connectivity index (χ0v) is 9.15.